The number of halogens is 2. The van der Waals surface area contributed by atoms with E-state index in [0.717, 1.165) is 13.0 Å². The van der Waals surface area contributed by atoms with Crippen molar-refractivity contribution in [1.82, 2.24) is 9.55 Å². The molecule has 0 bridgehead atoms. The molecule has 0 aliphatic heterocycles. The van der Waals surface area contributed by atoms with E-state index >= 15 is 0 Å². The minimum absolute atomic E-state index is 0.000137. The Bertz CT molecular complexity index is 542. The number of hydrogen-bond acceptors (Lipinski definition) is 2. The Hall–Kier alpha value is -1.39. The molecular weight excluding hydrogens is 255 g/mol. The molecule has 0 amide bonds. The van der Waals surface area contributed by atoms with Crippen molar-refractivity contribution in [1.29, 1.82) is 0 Å². The second-order valence-electron chi connectivity index (χ2n) is 4.02. The van der Waals surface area contributed by atoms with E-state index in [-0.39, 0.29) is 10.6 Å². The van der Waals surface area contributed by atoms with Gasteiger partial charge in [-0.15, -0.1) is 0 Å². The molecule has 1 aromatic heterocycles. The van der Waals surface area contributed by atoms with Crippen molar-refractivity contribution < 1.29 is 9.50 Å². The second kappa shape index (κ2) is 5.50. The molecule has 1 unspecified atom stereocenters. The monoisotopic (exact) mass is 268 g/mol. The number of rotatable bonds is 4. The van der Waals surface area contributed by atoms with Crippen molar-refractivity contribution in [2.75, 3.05) is 0 Å². The van der Waals surface area contributed by atoms with Crippen LogP contribution in [0.25, 0.3) is 0 Å². The zero-order valence-electron chi connectivity index (χ0n) is 9.98. The lowest BCUT2D eigenvalue weighted by molar-refractivity contribution is 0.199. The summed E-state index contributed by atoms with van der Waals surface area (Å²) >= 11 is 5.71. The maximum absolute atomic E-state index is 13.8. The standard InChI is InChI=1S/C13H14ClFN2O/c1-2-7-17-8-6-16-13(17)12(18)9-4-3-5-10(14)11(9)15/h3-6,8,12,18H,2,7H2,1H3. The van der Waals surface area contributed by atoms with Crippen LogP contribution in [0, 0.1) is 5.82 Å². The highest BCUT2D eigenvalue weighted by Crippen LogP contribution is 2.27. The number of aliphatic hydroxyl groups is 1. The van der Waals surface area contributed by atoms with Crippen LogP contribution in [0.1, 0.15) is 30.8 Å². The maximum Gasteiger partial charge on any atom is 0.148 e. The summed E-state index contributed by atoms with van der Waals surface area (Å²) in [4.78, 5) is 4.09. The van der Waals surface area contributed by atoms with Crippen molar-refractivity contribution in [3.05, 3.63) is 52.8 Å². The first-order valence-electron chi connectivity index (χ1n) is 5.78. The van der Waals surface area contributed by atoms with E-state index in [2.05, 4.69) is 4.98 Å². The van der Waals surface area contributed by atoms with Crippen molar-refractivity contribution in [2.24, 2.45) is 0 Å². The van der Waals surface area contributed by atoms with E-state index in [1.54, 1.807) is 18.5 Å². The maximum atomic E-state index is 13.8. The number of aliphatic hydroxyl groups excluding tert-OH is 1. The van der Waals surface area contributed by atoms with E-state index in [0.29, 0.717) is 5.82 Å². The molecule has 0 fully saturated rings. The summed E-state index contributed by atoms with van der Waals surface area (Å²) in [6.07, 6.45) is 3.17. The molecule has 2 rings (SSSR count). The molecule has 5 heteroatoms. The Labute approximate surface area is 110 Å². The molecule has 0 aliphatic rings. The van der Waals surface area contributed by atoms with Gasteiger partial charge in [-0.1, -0.05) is 30.7 Å². The lowest BCUT2D eigenvalue weighted by Gasteiger charge is -2.14. The third-order valence-electron chi connectivity index (χ3n) is 2.73. The quantitative estimate of drug-likeness (QED) is 0.925. The smallest absolute Gasteiger partial charge is 0.148 e. The number of imidazole rings is 1. The normalized spacial score (nSPS) is 12.7. The van der Waals surface area contributed by atoms with Crippen LogP contribution in [0.15, 0.2) is 30.6 Å². The van der Waals surface area contributed by atoms with Crippen LogP contribution in [0.3, 0.4) is 0 Å². The first-order chi connectivity index (χ1) is 8.65. The predicted molar refractivity (Wildman–Crippen MR) is 68.0 cm³/mol. The minimum Gasteiger partial charge on any atom is -0.380 e. The Morgan fingerprint density at radius 3 is 3.00 bits per heavy atom. The van der Waals surface area contributed by atoms with Crippen LogP contribution < -0.4 is 0 Å². The van der Waals surface area contributed by atoms with Gasteiger partial charge < -0.3 is 9.67 Å². The summed E-state index contributed by atoms with van der Waals surface area (Å²) in [5.41, 5.74) is 0.144. The number of benzene rings is 1. The van der Waals surface area contributed by atoms with Crippen molar-refractivity contribution in [3.8, 4) is 0 Å². The third-order valence-corrected chi connectivity index (χ3v) is 3.02. The first kappa shape index (κ1) is 13.1. The van der Waals surface area contributed by atoms with Gasteiger partial charge in [0.15, 0.2) is 0 Å². The molecule has 0 saturated carbocycles. The number of nitrogens with zero attached hydrogens (tertiary/aromatic N) is 2. The van der Waals surface area contributed by atoms with Crippen LogP contribution in [-0.4, -0.2) is 14.7 Å². The van der Waals surface area contributed by atoms with Gasteiger partial charge in [-0.3, -0.25) is 0 Å². The molecule has 1 heterocycles. The molecule has 3 nitrogen and oxygen atoms in total. The molecule has 96 valence electrons. The van der Waals surface area contributed by atoms with Crippen LogP contribution in [0.5, 0.6) is 0 Å². The summed E-state index contributed by atoms with van der Waals surface area (Å²) in [5.74, 6) is -0.171. The fourth-order valence-electron chi connectivity index (χ4n) is 1.87. The van der Waals surface area contributed by atoms with Gasteiger partial charge in [0, 0.05) is 24.5 Å². The lowest BCUT2D eigenvalue weighted by atomic mass is 10.1. The highest BCUT2D eigenvalue weighted by Gasteiger charge is 2.20. The van der Waals surface area contributed by atoms with Crippen LogP contribution in [-0.2, 0) is 6.54 Å². The average Bonchev–Trinajstić information content (AvgIpc) is 2.80. The highest BCUT2D eigenvalue weighted by atomic mass is 35.5. The molecular formula is C13H14ClFN2O. The molecule has 0 aliphatic carbocycles. The van der Waals surface area contributed by atoms with Gasteiger partial charge >= 0.3 is 0 Å². The zero-order valence-corrected chi connectivity index (χ0v) is 10.7. The Morgan fingerprint density at radius 1 is 1.50 bits per heavy atom. The molecule has 0 radical (unpaired) electrons. The van der Waals surface area contributed by atoms with Crippen LogP contribution in [0.2, 0.25) is 5.02 Å². The van der Waals surface area contributed by atoms with Gasteiger partial charge in [0.05, 0.1) is 5.02 Å². The van der Waals surface area contributed by atoms with E-state index in [1.807, 2.05) is 11.5 Å². The van der Waals surface area contributed by atoms with Gasteiger partial charge in [0.2, 0.25) is 0 Å². The average molecular weight is 269 g/mol. The van der Waals surface area contributed by atoms with E-state index in [1.165, 1.54) is 12.1 Å². The largest absolute Gasteiger partial charge is 0.380 e. The van der Waals surface area contributed by atoms with Gasteiger partial charge in [0.25, 0.3) is 0 Å². The Balaban J connectivity index is 2.38. The second-order valence-corrected chi connectivity index (χ2v) is 4.43. The first-order valence-corrected chi connectivity index (χ1v) is 6.16. The topological polar surface area (TPSA) is 38.0 Å². The van der Waals surface area contributed by atoms with Gasteiger partial charge in [-0.05, 0) is 12.5 Å². The fraction of sp³-hybridized carbons (Fsp3) is 0.308. The molecule has 2 aromatic rings. The van der Waals surface area contributed by atoms with Gasteiger partial charge in [-0.2, -0.15) is 0 Å². The van der Waals surface area contributed by atoms with Crippen molar-refractivity contribution in [2.45, 2.75) is 26.0 Å². The molecule has 1 atom stereocenters. The van der Waals surface area contributed by atoms with Crippen LogP contribution >= 0.6 is 11.6 Å². The fourth-order valence-corrected chi connectivity index (χ4v) is 2.05. The van der Waals surface area contributed by atoms with Gasteiger partial charge in [-0.25, -0.2) is 9.37 Å². The summed E-state index contributed by atoms with van der Waals surface area (Å²) in [5, 5.41) is 10.2. The Morgan fingerprint density at radius 2 is 2.28 bits per heavy atom. The third kappa shape index (κ3) is 2.40. The number of hydrogen-bond donors (Lipinski definition) is 1. The molecule has 0 saturated heterocycles. The zero-order chi connectivity index (χ0) is 13.1. The summed E-state index contributed by atoms with van der Waals surface area (Å²) < 4.78 is 15.6. The SMILES string of the molecule is CCCn1ccnc1C(O)c1cccc(Cl)c1F. The minimum atomic E-state index is -1.11. The molecule has 1 N–H and O–H groups in total. The highest BCUT2D eigenvalue weighted by molar-refractivity contribution is 6.30. The molecule has 0 spiro atoms. The van der Waals surface area contributed by atoms with Crippen molar-refractivity contribution >= 4 is 11.6 Å². The molecule has 18 heavy (non-hydrogen) atoms. The van der Waals surface area contributed by atoms with E-state index in [9.17, 15) is 9.50 Å². The van der Waals surface area contributed by atoms with Crippen LogP contribution in [0.4, 0.5) is 4.39 Å². The summed E-state index contributed by atoms with van der Waals surface area (Å²) in [6, 6.07) is 4.57. The number of aromatic nitrogens is 2. The summed E-state index contributed by atoms with van der Waals surface area (Å²) in [6.45, 7) is 2.75. The number of aryl methyl sites for hydroxylation is 1. The van der Waals surface area contributed by atoms with Gasteiger partial charge in [0.1, 0.15) is 17.7 Å². The summed E-state index contributed by atoms with van der Waals surface area (Å²) in [7, 11) is 0. The van der Waals surface area contributed by atoms with E-state index in [4.69, 9.17) is 11.6 Å². The predicted octanol–water partition coefficient (Wildman–Crippen LogP) is 3.17. The lowest BCUT2D eigenvalue weighted by Crippen LogP contribution is -2.11. The van der Waals surface area contributed by atoms with E-state index < -0.39 is 11.9 Å². The Kier molecular flexibility index (Phi) is 3.99. The molecule has 1 aromatic carbocycles. The van der Waals surface area contributed by atoms with Crippen molar-refractivity contribution in [3.63, 3.8) is 0 Å².